The summed E-state index contributed by atoms with van der Waals surface area (Å²) in [5, 5.41) is 2.28. The highest BCUT2D eigenvalue weighted by molar-refractivity contribution is 5.89. The first-order valence-corrected chi connectivity index (χ1v) is 5.37. The molecule has 1 amide bonds. The van der Waals surface area contributed by atoms with Gasteiger partial charge in [-0.2, -0.15) is 13.2 Å². The van der Waals surface area contributed by atoms with E-state index >= 15 is 0 Å². The number of anilines is 1. The van der Waals surface area contributed by atoms with E-state index in [0.29, 0.717) is 0 Å². The molecule has 0 aliphatic rings. The molecule has 1 aromatic heterocycles. The molecule has 0 atom stereocenters. The fourth-order valence-corrected chi connectivity index (χ4v) is 1.77. The SMILES string of the molecule is CNC(=O)Cn1c(C(F)(F)F)nc2c(N)cccc21. The Hall–Kier alpha value is -2.25. The quantitative estimate of drug-likeness (QED) is 0.811. The standard InChI is InChI=1S/C11H11F3N4O/c1-16-8(19)5-18-7-4-2-3-6(15)9(7)17-10(18)11(12,13)14/h2-4H,5,15H2,1H3,(H,16,19). The van der Waals surface area contributed by atoms with Gasteiger partial charge in [0.25, 0.3) is 0 Å². The molecule has 0 radical (unpaired) electrons. The van der Waals surface area contributed by atoms with E-state index in [4.69, 9.17) is 5.73 Å². The molecule has 3 N–H and O–H groups in total. The minimum Gasteiger partial charge on any atom is -0.397 e. The largest absolute Gasteiger partial charge is 0.449 e. The number of nitrogens with one attached hydrogen (secondary N) is 1. The number of fused-ring (bicyclic) bond motifs is 1. The first kappa shape index (κ1) is 13.2. The van der Waals surface area contributed by atoms with Gasteiger partial charge in [0.1, 0.15) is 12.1 Å². The van der Waals surface area contributed by atoms with Gasteiger partial charge in [-0.1, -0.05) is 6.07 Å². The Balaban J connectivity index is 2.69. The van der Waals surface area contributed by atoms with Gasteiger partial charge in [-0.15, -0.1) is 0 Å². The number of likely N-dealkylation sites (N-methyl/N-ethyl adjacent to an activating group) is 1. The fourth-order valence-electron chi connectivity index (χ4n) is 1.77. The van der Waals surface area contributed by atoms with Crippen molar-refractivity contribution in [1.29, 1.82) is 0 Å². The molecule has 5 nitrogen and oxygen atoms in total. The number of rotatable bonds is 2. The predicted octanol–water partition coefficient (Wildman–Crippen LogP) is 1.38. The van der Waals surface area contributed by atoms with Crippen molar-refractivity contribution in [1.82, 2.24) is 14.9 Å². The zero-order valence-corrected chi connectivity index (χ0v) is 9.95. The zero-order chi connectivity index (χ0) is 14.2. The number of carbonyl (C=O) groups is 1. The van der Waals surface area contributed by atoms with Crippen LogP contribution in [0, 0.1) is 0 Å². The van der Waals surface area contributed by atoms with Crippen LogP contribution in [0.3, 0.4) is 0 Å². The van der Waals surface area contributed by atoms with Crippen molar-refractivity contribution in [3.8, 4) is 0 Å². The van der Waals surface area contributed by atoms with Gasteiger partial charge in [0.2, 0.25) is 11.7 Å². The Morgan fingerprint density at radius 2 is 2.16 bits per heavy atom. The maximum atomic E-state index is 12.9. The molecule has 2 aromatic rings. The molecule has 1 heterocycles. The maximum absolute atomic E-state index is 12.9. The number of benzene rings is 1. The van der Waals surface area contributed by atoms with Gasteiger partial charge >= 0.3 is 6.18 Å². The van der Waals surface area contributed by atoms with E-state index in [9.17, 15) is 18.0 Å². The Bertz CT molecular complexity index is 633. The van der Waals surface area contributed by atoms with Crippen molar-refractivity contribution >= 4 is 22.6 Å². The Kier molecular flexibility index (Phi) is 3.09. The topological polar surface area (TPSA) is 72.9 Å². The van der Waals surface area contributed by atoms with Crippen LogP contribution in [0.15, 0.2) is 18.2 Å². The van der Waals surface area contributed by atoms with Gasteiger partial charge in [-0.25, -0.2) is 4.98 Å². The van der Waals surface area contributed by atoms with Crippen LogP contribution in [0.25, 0.3) is 11.0 Å². The number of carbonyl (C=O) groups excluding carboxylic acids is 1. The molecule has 0 bridgehead atoms. The van der Waals surface area contributed by atoms with Crippen molar-refractivity contribution in [3.05, 3.63) is 24.0 Å². The Labute approximate surface area is 106 Å². The molecule has 2 rings (SSSR count). The summed E-state index contributed by atoms with van der Waals surface area (Å²) in [5.74, 6) is -1.68. The molecule has 102 valence electrons. The molecular formula is C11H11F3N4O. The number of para-hydroxylation sites is 1. The third-order valence-corrected chi connectivity index (χ3v) is 2.64. The summed E-state index contributed by atoms with van der Waals surface area (Å²) in [6, 6.07) is 4.41. The number of hydrogen-bond acceptors (Lipinski definition) is 3. The monoisotopic (exact) mass is 272 g/mol. The maximum Gasteiger partial charge on any atom is 0.449 e. The molecule has 1 aromatic carbocycles. The molecule has 0 unspecified atom stereocenters. The number of nitrogen functional groups attached to an aromatic ring is 1. The van der Waals surface area contributed by atoms with Gasteiger partial charge in [0.15, 0.2) is 0 Å². The van der Waals surface area contributed by atoms with Crippen molar-refractivity contribution in [2.45, 2.75) is 12.7 Å². The van der Waals surface area contributed by atoms with Gasteiger partial charge < -0.3 is 15.6 Å². The normalized spacial score (nSPS) is 11.8. The summed E-state index contributed by atoms with van der Waals surface area (Å²) in [5.41, 5.74) is 5.96. The van der Waals surface area contributed by atoms with Crippen LogP contribution in [0.4, 0.5) is 18.9 Å². The van der Waals surface area contributed by atoms with E-state index in [1.807, 2.05) is 0 Å². The second-order valence-electron chi connectivity index (χ2n) is 3.91. The van der Waals surface area contributed by atoms with Crippen LogP contribution in [-0.2, 0) is 17.5 Å². The number of alkyl halides is 3. The van der Waals surface area contributed by atoms with Crippen molar-refractivity contribution in [2.24, 2.45) is 0 Å². The van der Waals surface area contributed by atoms with Crippen LogP contribution < -0.4 is 11.1 Å². The number of halogens is 3. The number of amides is 1. The third kappa shape index (κ3) is 2.33. The number of imidazole rings is 1. The average molecular weight is 272 g/mol. The molecule has 8 heteroatoms. The number of nitrogens with zero attached hydrogens (tertiary/aromatic N) is 2. The highest BCUT2D eigenvalue weighted by Crippen LogP contribution is 2.32. The predicted molar refractivity (Wildman–Crippen MR) is 63.2 cm³/mol. The van der Waals surface area contributed by atoms with Crippen LogP contribution in [0.2, 0.25) is 0 Å². The average Bonchev–Trinajstić information content (AvgIpc) is 2.69. The highest BCUT2D eigenvalue weighted by atomic mass is 19.4. The molecule has 0 fully saturated rings. The van der Waals surface area contributed by atoms with Crippen molar-refractivity contribution < 1.29 is 18.0 Å². The summed E-state index contributed by atoms with van der Waals surface area (Å²) >= 11 is 0. The van der Waals surface area contributed by atoms with E-state index in [1.165, 1.54) is 25.2 Å². The minimum absolute atomic E-state index is 0.0405. The lowest BCUT2D eigenvalue weighted by Crippen LogP contribution is -2.26. The lowest BCUT2D eigenvalue weighted by atomic mass is 10.3. The lowest BCUT2D eigenvalue weighted by Gasteiger charge is -2.10. The first-order chi connectivity index (χ1) is 8.84. The number of hydrogen-bond donors (Lipinski definition) is 2. The second kappa shape index (κ2) is 4.45. The Morgan fingerprint density at radius 1 is 1.47 bits per heavy atom. The molecule has 0 saturated carbocycles. The second-order valence-corrected chi connectivity index (χ2v) is 3.91. The van der Waals surface area contributed by atoms with Crippen LogP contribution in [-0.4, -0.2) is 22.5 Å². The highest BCUT2D eigenvalue weighted by Gasteiger charge is 2.38. The summed E-state index contributed by atoms with van der Waals surface area (Å²) in [4.78, 5) is 14.8. The van der Waals surface area contributed by atoms with Gasteiger partial charge in [0, 0.05) is 7.05 Å². The van der Waals surface area contributed by atoms with Crippen molar-refractivity contribution in [3.63, 3.8) is 0 Å². The van der Waals surface area contributed by atoms with E-state index in [0.717, 1.165) is 4.57 Å². The molecule has 19 heavy (non-hydrogen) atoms. The smallest absolute Gasteiger partial charge is 0.397 e. The fraction of sp³-hybridized carbons (Fsp3) is 0.273. The van der Waals surface area contributed by atoms with E-state index < -0.39 is 24.5 Å². The van der Waals surface area contributed by atoms with Crippen molar-refractivity contribution in [2.75, 3.05) is 12.8 Å². The minimum atomic E-state index is -4.65. The van der Waals surface area contributed by atoms with E-state index in [2.05, 4.69) is 10.3 Å². The van der Waals surface area contributed by atoms with Gasteiger partial charge in [-0.05, 0) is 12.1 Å². The Morgan fingerprint density at radius 3 is 2.74 bits per heavy atom. The lowest BCUT2D eigenvalue weighted by molar-refractivity contribution is -0.147. The van der Waals surface area contributed by atoms with Crippen LogP contribution >= 0.6 is 0 Å². The number of nitrogens with two attached hydrogens (primary N) is 1. The molecular weight excluding hydrogens is 261 g/mol. The summed E-state index contributed by atoms with van der Waals surface area (Å²) in [6.07, 6.45) is -4.65. The molecule has 0 aliphatic carbocycles. The van der Waals surface area contributed by atoms with Crippen LogP contribution in [0.5, 0.6) is 0 Å². The molecule has 0 saturated heterocycles. The van der Waals surface area contributed by atoms with Crippen LogP contribution in [0.1, 0.15) is 5.82 Å². The summed E-state index contributed by atoms with van der Waals surface area (Å²) in [7, 11) is 1.35. The molecule has 0 aliphatic heterocycles. The van der Waals surface area contributed by atoms with E-state index in [1.54, 1.807) is 0 Å². The molecule has 0 spiro atoms. The number of aromatic nitrogens is 2. The summed E-state index contributed by atoms with van der Waals surface area (Å²) in [6.45, 7) is -0.467. The first-order valence-electron chi connectivity index (χ1n) is 5.37. The third-order valence-electron chi connectivity index (χ3n) is 2.64. The summed E-state index contributed by atoms with van der Waals surface area (Å²) < 4.78 is 39.6. The van der Waals surface area contributed by atoms with E-state index in [-0.39, 0.29) is 16.7 Å². The van der Waals surface area contributed by atoms with Gasteiger partial charge in [0.05, 0.1) is 11.2 Å². The zero-order valence-electron chi connectivity index (χ0n) is 9.95. The van der Waals surface area contributed by atoms with Gasteiger partial charge in [-0.3, -0.25) is 4.79 Å².